The Kier molecular flexibility index (Phi) is 2.72. The van der Waals surface area contributed by atoms with E-state index in [9.17, 15) is 4.79 Å². The highest BCUT2D eigenvalue weighted by molar-refractivity contribution is 5.96. The number of H-pyrrole nitrogens is 1. The third-order valence-corrected chi connectivity index (χ3v) is 2.04. The lowest BCUT2D eigenvalue weighted by molar-refractivity contribution is -0.121. The highest BCUT2D eigenvalue weighted by Gasteiger charge is 2.25. The first kappa shape index (κ1) is 9.80. The first-order valence-electron chi connectivity index (χ1n) is 4.20. The van der Waals surface area contributed by atoms with Gasteiger partial charge in [0.1, 0.15) is 5.82 Å². The summed E-state index contributed by atoms with van der Waals surface area (Å²) in [5.41, 5.74) is -0.550. The molecule has 4 nitrogen and oxygen atoms in total. The summed E-state index contributed by atoms with van der Waals surface area (Å²) in [7, 11) is 1.76. The standard InChI is InChI=1S/C9H15N3O/c1-9(2,10-3)8(13)12-7-5-4-6-11-7/h4-6,10-11H,1-3H3,(H,12,13). The van der Waals surface area contributed by atoms with E-state index in [0.29, 0.717) is 5.82 Å². The van der Waals surface area contributed by atoms with Gasteiger partial charge >= 0.3 is 0 Å². The Morgan fingerprint density at radius 2 is 2.23 bits per heavy atom. The number of hydrogen-bond acceptors (Lipinski definition) is 2. The minimum atomic E-state index is -0.550. The van der Waals surface area contributed by atoms with E-state index in [0.717, 1.165) is 0 Å². The Morgan fingerprint density at radius 3 is 2.69 bits per heavy atom. The van der Waals surface area contributed by atoms with Crippen LogP contribution in [0.1, 0.15) is 13.8 Å². The van der Waals surface area contributed by atoms with Crippen molar-refractivity contribution in [2.45, 2.75) is 19.4 Å². The molecular formula is C9H15N3O. The summed E-state index contributed by atoms with van der Waals surface area (Å²) in [4.78, 5) is 14.5. The van der Waals surface area contributed by atoms with Gasteiger partial charge < -0.3 is 15.6 Å². The van der Waals surface area contributed by atoms with E-state index in [4.69, 9.17) is 0 Å². The summed E-state index contributed by atoms with van der Waals surface area (Å²) in [5.74, 6) is 0.658. The summed E-state index contributed by atoms with van der Waals surface area (Å²) >= 11 is 0. The summed E-state index contributed by atoms with van der Waals surface area (Å²) in [6, 6.07) is 3.64. The van der Waals surface area contributed by atoms with Crippen molar-refractivity contribution in [3.8, 4) is 0 Å². The summed E-state index contributed by atoms with van der Waals surface area (Å²) < 4.78 is 0. The molecule has 0 saturated heterocycles. The highest BCUT2D eigenvalue weighted by Crippen LogP contribution is 2.07. The molecule has 0 aliphatic rings. The highest BCUT2D eigenvalue weighted by atomic mass is 16.2. The van der Waals surface area contributed by atoms with Crippen LogP contribution in [-0.2, 0) is 4.79 Å². The van der Waals surface area contributed by atoms with Gasteiger partial charge in [-0.05, 0) is 33.0 Å². The van der Waals surface area contributed by atoms with Crippen molar-refractivity contribution in [1.82, 2.24) is 10.3 Å². The quantitative estimate of drug-likeness (QED) is 0.650. The Balaban J connectivity index is 2.61. The summed E-state index contributed by atoms with van der Waals surface area (Å²) in [5, 5.41) is 5.68. The van der Waals surface area contributed by atoms with E-state index in [-0.39, 0.29) is 5.91 Å². The fourth-order valence-corrected chi connectivity index (χ4v) is 0.800. The molecule has 0 aromatic carbocycles. The molecule has 0 unspecified atom stereocenters. The normalized spacial score (nSPS) is 11.3. The van der Waals surface area contributed by atoms with Gasteiger partial charge in [-0.25, -0.2) is 0 Å². The van der Waals surface area contributed by atoms with Crippen LogP contribution in [0.4, 0.5) is 5.82 Å². The van der Waals surface area contributed by atoms with Crippen molar-refractivity contribution < 1.29 is 4.79 Å². The van der Waals surface area contributed by atoms with Gasteiger partial charge in [0.25, 0.3) is 0 Å². The van der Waals surface area contributed by atoms with Crippen molar-refractivity contribution >= 4 is 11.7 Å². The molecule has 3 N–H and O–H groups in total. The van der Waals surface area contributed by atoms with Crippen LogP contribution in [-0.4, -0.2) is 23.5 Å². The Labute approximate surface area is 77.7 Å². The lowest BCUT2D eigenvalue weighted by Gasteiger charge is -2.22. The van der Waals surface area contributed by atoms with E-state index in [1.165, 1.54) is 0 Å². The van der Waals surface area contributed by atoms with Gasteiger partial charge in [-0.15, -0.1) is 0 Å². The number of aromatic nitrogens is 1. The second kappa shape index (κ2) is 3.62. The molecule has 13 heavy (non-hydrogen) atoms. The Bertz CT molecular complexity index is 277. The molecule has 1 aromatic heterocycles. The maximum atomic E-state index is 11.6. The summed E-state index contributed by atoms with van der Waals surface area (Å²) in [6.07, 6.45) is 1.77. The zero-order valence-corrected chi connectivity index (χ0v) is 8.14. The van der Waals surface area contributed by atoms with Gasteiger partial charge in [0.15, 0.2) is 0 Å². The molecule has 0 aliphatic carbocycles. The molecule has 0 saturated carbocycles. The maximum Gasteiger partial charge on any atom is 0.245 e. The first-order chi connectivity index (χ1) is 6.06. The number of carbonyl (C=O) groups excluding carboxylic acids is 1. The molecule has 0 aliphatic heterocycles. The molecule has 1 aromatic rings. The SMILES string of the molecule is CNC(C)(C)C(=O)Nc1ccc[nH]1. The number of hydrogen-bond donors (Lipinski definition) is 3. The third-order valence-electron chi connectivity index (χ3n) is 2.04. The molecular weight excluding hydrogens is 166 g/mol. The topological polar surface area (TPSA) is 56.9 Å². The van der Waals surface area contributed by atoms with Crippen molar-refractivity contribution in [1.29, 1.82) is 0 Å². The first-order valence-corrected chi connectivity index (χ1v) is 4.20. The van der Waals surface area contributed by atoms with E-state index in [1.54, 1.807) is 13.2 Å². The second-order valence-corrected chi connectivity index (χ2v) is 3.41. The van der Waals surface area contributed by atoms with Gasteiger partial charge in [-0.3, -0.25) is 4.79 Å². The molecule has 0 spiro atoms. The minimum absolute atomic E-state index is 0.0579. The van der Waals surface area contributed by atoms with Gasteiger partial charge in [0.05, 0.1) is 5.54 Å². The van der Waals surface area contributed by atoms with E-state index in [1.807, 2.05) is 26.0 Å². The van der Waals surface area contributed by atoms with Crippen molar-refractivity contribution in [2.75, 3.05) is 12.4 Å². The molecule has 0 fully saturated rings. The number of carbonyl (C=O) groups is 1. The smallest absolute Gasteiger partial charge is 0.245 e. The zero-order chi connectivity index (χ0) is 9.90. The predicted molar refractivity (Wildman–Crippen MR) is 52.6 cm³/mol. The minimum Gasteiger partial charge on any atom is -0.348 e. The number of anilines is 1. The van der Waals surface area contributed by atoms with Gasteiger partial charge in [0, 0.05) is 6.20 Å². The van der Waals surface area contributed by atoms with Crippen molar-refractivity contribution in [3.63, 3.8) is 0 Å². The Morgan fingerprint density at radius 1 is 1.54 bits per heavy atom. The predicted octanol–water partition coefficient (Wildman–Crippen LogP) is 0.951. The lowest BCUT2D eigenvalue weighted by atomic mass is 10.1. The molecule has 1 heterocycles. The fourth-order valence-electron chi connectivity index (χ4n) is 0.800. The number of aromatic amines is 1. The molecule has 72 valence electrons. The van der Waals surface area contributed by atoms with Gasteiger partial charge in [-0.2, -0.15) is 0 Å². The van der Waals surface area contributed by atoms with Crippen LogP contribution in [0.2, 0.25) is 0 Å². The third kappa shape index (κ3) is 2.32. The molecule has 4 heteroatoms. The number of rotatable bonds is 3. The largest absolute Gasteiger partial charge is 0.348 e. The van der Waals surface area contributed by atoms with E-state index >= 15 is 0 Å². The zero-order valence-electron chi connectivity index (χ0n) is 8.14. The van der Waals surface area contributed by atoms with Crippen LogP contribution in [0, 0.1) is 0 Å². The van der Waals surface area contributed by atoms with Gasteiger partial charge in [-0.1, -0.05) is 0 Å². The number of nitrogens with one attached hydrogen (secondary N) is 3. The molecule has 0 bridgehead atoms. The fraction of sp³-hybridized carbons (Fsp3) is 0.444. The Hall–Kier alpha value is -1.29. The second-order valence-electron chi connectivity index (χ2n) is 3.41. The van der Waals surface area contributed by atoms with Crippen LogP contribution >= 0.6 is 0 Å². The average Bonchev–Trinajstić information content (AvgIpc) is 2.57. The van der Waals surface area contributed by atoms with Crippen LogP contribution in [0.3, 0.4) is 0 Å². The molecule has 0 radical (unpaired) electrons. The van der Waals surface area contributed by atoms with Crippen molar-refractivity contribution in [3.05, 3.63) is 18.3 Å². The van der Waals surface area contributed by atoms with E-state index < -0.39 is 5.54 Å². The van der Waals surface area contributed by atoms with Crippen LogP contribution < -0.4 is 10.6 Å². The van der Waals surface area contributed by atoms with Crippen LogP contribution in [0.15, 0.2) is 18.3 Å². The van der Waals surface area contributed by atoms with E-state index in [2.05, 4.69) is 15.6 Å². The van der Waals surface area contributed by atoms with Gasteiger partial charge in [0.2, 0.25) is 5.91 Å². The van der Waals surface area contributed by atoms with Crippen LogP contribution in [0.25, 0.3) is 0 Å². The summed E-state index contributed by atoms with van der Waals surface area (Å²) in [6.45, 7) is 3.65. The number of likely N-dealkylation sites (N-methyl/N-ethyl adjacent to an activating group) is 1. The monoisotopic (exact) mass is 181 g/mol. The lowest BCUT2D eigenvalue weighted by Crippen LogP contribution is -2.47. The maximum absolute atomic E-state index is 11.6. The van der Waals surface area contributed by atoms with Crippen LogP contribution in [0.5, 0.6) is 0 Å². The molecule has 1 amide bonds. The molecule has 1 rings (SSSR count). The van der Waals surface area contributed by atoms with Crippen molar-refractivity contribution in [2.24, 2.45) is 0 Å². The molecule has 0 atom stereocenters. The number of amides is 1. The average molecular weight is 181 g/mol.